The lowest BCUT2D eigenvalue weighted by molar-refractivity contribution is 0.310. The van der Waals surface area contributed by atoms with Crippen molar-refractivity contribution in [1.82, 2.24) is 21.7 Å². The molecule has 4 N–H and O–H groups in total. The van der Waals surface area contributed by atoms with Crippen molar-refractivity contribution in [3.05, 3.63) is 0 Å². The highest BCUT2D eigenvalue weighted by Crippen LogP contribution is 2.31. The second-order valence-electron chi connectivity index (χ2n) is 3.45. The molecule has 0 aromatic rings. The second-order valence-corrected chi connectivity index (χ2v) is 3.45. The molecule has 0 amide bonds. The predicted octanol–water partition coefficient (Wildman–Crippen LogP) is -1.67. The van der Waals surface area contributed by atoms with Crippen LogP contribution in [0.1, 0.15) is 6.42 Å². The Hall–Kier alpha value is -0.160. The van der Waals surface area contributed by atoms with E-state index in [0.717, 1.165) is 12.5 Å². The molecule has 2 aliphatic heterocycles. The molecule has 3 aliphatic rings. The first kappa shape index (κ1) is 5.49. The van der Waals surface area contributed by atoms with Gasteiger partial charge in [-0.05, 0) is 6.42 Å². The highest BCUT2D eigenvalue weighted by Gasteiger charge is 2.49. The zero-order chi connectivity index (χ0) is 6.55. The number of nitrogens with one attached hydrogen (secondary N) is 4. The molecular formula is C6H12N4. The van der Waals surface area contributed by atoms with Crippen LogP contribution in [0.25, 0.3) is 0 Å². The third-order valence-corrected chi connectivity index (χ3v) is 2.98. The summed E-state index contributed by atoms with van der Waals surface area (Å²) in [6.07, 6.45) is 1.30. The van der Waals surface area contributed by atoms with Gasteiger partial charge < -0.3 is 0 Å². The average molecular weight is 140 g/mol. The number of hydrogen-bond donors (Lipinski definition) is 4. The van der Waals surface area contributed by atoms with Crippen molar-refractivity contribution in [2.45, 2.75) is 24.5 Å². The molecule has 0 spiro atoms. The molecule has 1 saturated carbocycles. The molecule has 4 atom stereocenters. The van der Waals surface area contributed by atoms with E-state index >= 15 is 0 Å². The number of hydrogen-bond acceptors (Lipinski definition) is 4. The number of hydrazine groups is 2. The molecule has 0 unspecified atom stereocenters. The Balaban J connectivity index is 1.92. The Labute approximate surface area is 59.7 Å². The molecule has 56 valence electrons. The van der Waals surface area contributed by atoms with E-state index in [4.69, 9.17) is 0 Å². The van der Waals surface area contributed by atoms with Crippen LogP contribution in [0.15, 0.2) is 0 Å². The minimum Gasteiger partial charge on any atom is -0.257 e. The van der Waals surface area contributed by atoms with Gasteiger partial charge in [-0.1, -0.05) is 0 Å². The molecule has 4 heteroatoms. The fraction of sp³-hybridized carbons (Fsp3) is 1.00. The summed E-state index contributed by atoms with van der Waals surface area (Å²) in [5, 5.41) is 0. The monoisotopic (exact) mass is 140 g/mol. The normalized spacial score (nSPS) is 57.6. The van der Waals surface area contributed by atoms with Crippen molar-refractivity contribution in [2.75, 3.05) is 6.54 Å². The fourth-order valence-electron chi connectivity index (χ4n) is 2.44. The lowest BCUT2D eigenvalue weighted by Crippen LogP contribution is -2.53. The largest absolute Gasteiger partial charge is 0.257 e. The summed E-state index contributed by atoms with van der Waals surface area (Å²) >= 11 is 0. The molecule has 3 rings (SSSR count). The Kier molecular flexibility index (Phi) is 0.936. The Bertz CT molecular complexity index is 144. The summed E-state index contributed by atoms with van der Waals surface area (Å²) in [7, 11) is 0. The van der Waals surface area contributed by atoms with Gasteiger partial charge in [0.15, 0.2) is 0 Å². The van der Waals surface area contributed by atoms with Gasteiger partial charge in [-0.3, -0.25) is 21.7 Å². The van der Waals surface area contributed by atoms with E-state index in [1.807, 2.05) is 0 Å². The topological polar surface area (TPSA) is 48.1 Å². The van der Waals surface area contributed by atoms with Crippen molar-refractivity contribution in [3.8, 4) is 0 Å². The summed E-state index contributed by atoms with van der Waals surface area (Å²) in [4.78, 5) is 0. The second kappa shape index (κ2) is 1.71. The molecule has 10 heavy (non-hydrogen) atoms. The summed E-state index contributed by atoms with van der Waals surface area (Å²) < 4.78 is 0. The zero-order valence-corrected chi connectivity index (χ0v) is 5.72. The van der Waals surface area contributed by atoms with Crippen LogP contribution in [0.4, 0.5) is 0 Å². The van der Waals surface area contributed by atoms with Crippen LogP contribution in [-0.2, 0) is 0 Å². The van der Waals surface area contributed by atoms with Crippen LogP contribution >= 0.6 is 0 Å². The van der Waals surface area contributed by atoms with Crippen molar-refractivity contribution >= 4 is 0 Å². The van der Waals surface area contributed by atoms with Gasteiger partial charge in [-0.2, -0.15) is 0 Å². The van der Waals surface area contributed by atoms with Crippen molar-refractivity contribution in [2.24, 2.45) is 5.92 Å². The van der Waals surface area contributed by atoms with Crippen molar-refractivity contribution in [3.63, 3.8) is 0 Å². The van der Waals surface area contributed by atoms with E-state index < -0.39 is 0 Å². The highest BCUT2D eigenvalue weighted by molar-refractivity contribution is 5.08. The maximum atomic E-state index is 3.30. The first-order valence-corrected chi connectivity index (χ1v) is 3.94. The van der Waals surface area contributed by atoms with Gasteiger partial charge in [0.25, 0.3) is 0 Å². The molecule has 1 aliphatic carbocycles. The summed E-state index contributed by atoms with van der Waals surface area (Å²) in [6.45, 7) is 1.13. The standard InChI is InChI=1S/C6H12N4/c1-4-3-2-7-10-6(3)5(1)9-8-4/h3-10H,1-2H2/t3-,4+,5+,6-/m0/s1. The van der Waals surface area contributed by atoms with Gasteiger partial charge in [0, 0.05) is 30.6 Å². The molecular weight excluding hydrogens is 128 g/mol. The maximum Gasteiger partial charge on any atom is 0.0436 e. The molecule has 2 bridgehead atoms. The quantitative estimate of drug-likeness (QED) is 0.325. The molecule has 2 saturated heterocycles. The summed E-state index contributed by atoms with van der Waals surface area (Å²) in [6, 6.07) is 2.04. The van der Waals surface area contributed by atoms with E-state index in [1.54, 1.807) is 0 Å². The van der Waals surface area contributed by atoms with Gasteiger partial charge in [0.2, 0.25) is 0 Å². The summed E-state index contributed by atoms with van der Waals surface area (Å²) in [5.41, 5.74) is 13.1. The lowest BCUT2D eigenvalue weighted by Gasteiger charge is -2.24. The van der Waals surface area contributed by atoms with Gasteiger partial charge >= 0.3 is 0 Å². The number of fused-ring (bicyclic) bond motifs is 5. The van der Waals surface area contributed by atoms with E-state index in [-0.39, 0.29) is 0 Å². The first-order chi connectivity index (χ1) is 4.95. The highest BCUT2D eigenvalue weighted by atomic mass is 15.5. The van der Waals surface area contributed by atoms with Gasteiger partial charge in [-0.25, -0.2) is 0 Å². The van der Waals surface area contributed by atoms with Gasteiger partial charge in [0.1, 0.15) is 0 Å². The van der Waals surface area contributed by atoms with Crippen LogP contribution in [0.2, 0.25) is 0 Å². The van der Waals surface area contributed by atoms with E-state index in [2.05, 4.69) is 21.7 Å². The first-order valence-electron chi connectivity index (χ1n) is 3.94. The van der Waals surface area contributed by atoms with Crippen LogP contribution in [0.5, 0.6) is 0 Å². The average Bonchev–Trinajstić information content (AvgIpc) is 2.60. The van der Waals surface area contributed by atoms with E-state index in [1.165, 1.54) is 6.42 Å². The Morgan fingerprint density at radius 1 is 1.00 bits per heavy atom. The zero-order valence-electron chi connectivity index (χ0n) is 5.72. The predicted molar refractivity (Wildman–Crippen MR) is 36.9 cm³/mol. The van der Waals surface area contributed by atoms with Crippen molar-refractivity contribution < 1.29 is 0 Å². The molecule has 4 nitrogen and oxygen atoms in total. The van der Waals surface area contributed by atoms with Crippen LogP contribution in [0, 0.1) is 5.92 Å². The smallest absolute Gasteiger partial charge is 0.0436 e. The SMILES string of the molecule is C1NN[C@H]2[C@@H]1[C@H]1C[C@H]2NN1. The van der Waals surface area contributed by atoms with E-state index in [0.29, 0.717) is 18.1 Å². The van der Waals surface area contributed by atoms with E-state index in [9.17, 15) is 0 Å². The van der Waals surface area contributed by atoms with Crippen molar-refractivity contribution in [1.29, 1.82) is 0 Å². The lowest BCUT2D eigenvalue weighted by atomic mass is 10.0. The van der Waals surface area contributed by atoms with Gasteiger partial charge in [-0.15, -0.1) is 0 Å². The Morgan fingerprint density at radius 2 is 1.90 bits per heavy atom. The third kappa shape index (κ3) is 0.509. The van der Waals surface area contributed by atoms with Gasteiger partial charge in [0.05, 0.1) is 0 Å². The molecule has 2 heterocycles. The maximum absolute atomic E-state index is 3.30. The molecule has 0 aromatic carbocycles. The minimum atomic E-state index is 0.657. The van der Waals surface area contributed by atoms with Crippen LogP contribution in [0.3, 0.4) is 0 Å². The van der Waals surface area contributed by atoms with Crippen LogP contribution in [-0.4, -0.2) is 24.7 Å². The molecule has 0 aromatic heterocycles. The minimum absolute atomic E-state index is 0.657. The summed E-state index contributed by atoms with van der Waals surface area (Å²) in [5.74, 6) is 0.811. The Morgan fingerprint density at radius 3 is 2.80 bits per heavy atom. The molecule has 3 fully saturated rings. The third-order valence-electron chi connectivity index (χ3n) is 2.98. The fourth-order valence-corrected chi connectivity index (χ4v) is 2.44. The van der Waals surface area contributed by atoms with Crippen LogP contribution < -0.4 is 21.7 Å². The number of rotatable bonds is 0. The molecule has 0 radical (unpaired) electrons.